The van der Waals surface area contributed by atoms with Crippen molar-refractivity contribution in [3.05, 3.63) is 21.9 Å². The largest absolute Gasteiger partial charge is 0.343 e. The van der Waals surface area contributed by atoms with Crippen molar-refractivity contribution >= 4 is 44.0 Å². The Kier molecular flexibility index (Phi) is 4.44. The standard InChI is InChI=1S/C10H11BrClN3O3S/c11-9-5-8(6-13-10(9)12)19(17,18)15-3-1-14(7-16)2-4-15/h5-7H,1-4H2. The Morgan fingerprint density at radius 1 is 1.32 bits per heavy atom. The smallest absolute Gasteiger partial charge is 0.244 e. The number of pyridine rings is 1. The fourth-order valence-corrected chi connectivity index (χ4v) is 3.74. The van der Waals surface area contributed by atoms with Gasteiger partial charge in [0.05, 0.1) is 4.47 Å². The molecule has 2 heterocycles. The Morgan fingerprint density at radius 3 is 2.47 bits per heavy atom. The van der Waals surface area contributed by atoms with E-state index in [1.807, 2.05) is 0 Å². The summed E-state index contributed by atoms with van der Waals surface area (Å²) in [5.41, 5.74) is 0. The molecule has 0 radical (unpaired) electrons. The van der Waals surface area contributed by atoms with Crippen molar-refractivity contribution in [2.45, 2.75) is 4.90 Å². The molecule has 19 heavy (non-hydrogen) atoms. The van der Waals surface area contributed by atoms with Gasteiger partial charge in [-0.05, 0) is 22.0 Å². The maximum atomic E-state index is 12.4. The van der Waals surface area contributed by atoms with E-state index in [-0.39, 0.29) is 23.1 Å². The quantitative estimate of drug-likeness (QED) is 0.588. The third-order valence-corrected chi connectivity index (χ3v) is 5.83. The molecule has 0 saturated carbocycles. The van der Waals surface area contributed by atoms with Gasteiger partial charge < -0.3 is 4.90 Å². The van der Waals surface area contributed by atoms with Gasteiger partial charge in [-0.2, -0.15) is 4.31 Å². The number of hydrogen-bond acceptors (Lipinski definition) is 4. The van der Waals surface area contributed by atoms with Gasteiger partial charge in [0.1, 0.15) is 10.0 Å². The van der Waals surface area contributed by atoms with Crippen molar-refractivity contribution in [1.82, 2.24) is 14.2 Å². The van der Waals surface area contributed by atoms with E-state index >= 15 is 0 Å². The molecule has 1 aromatic rings. The summed E-state index contributed by atoms with van der Waals surface area (Å²) in [5.74, 6) is 0. The van der Waals surface area contributed by atoms with Crippen LogP contribution < -0.4 is 0 Å². The number of piperazine rings is 1. The minimum absolute atomic E-state index is 0.0864. The second kappa shape index (κ2) is 5.74. The lowest BCUT2D eigenvalue weighted by Crippen LogP contribution is -2.47. The molecule has 0 aliphatic carbocycles. The van der Waals surface area contributed by atoms with E-state index < -0.39 is 10.0 Å². The highest BCUT2D eigenvalue weighted by molar-refractivity contribution is 9.10. The Bertz CT molecular complexity index is 588. The van der Waals surface area contributed by atoms with Crippen LogP contribution in [-0.2, 0) is 14.8 Å². The molecule has 104 valence electrons. The first-order chi connectivity index (χ1) is 8.95. The summed E-state index contributed by atoms with van der Waals surface area (Å²) >= 11 is 8.89. The Hall–Kier alpha value is -0.700. The highest BCUT2D eigenvalue weighted by atomic mass is 79.9. The fraction of sp³-hybridized carbons (Fsp3) is 0.400. The van der Waals surface area contributed by atoms with Crippen LogP contribution in [0.2, 0.25) is 5.15 Å². The number of aromatic nitrogens is 1. The average Bonchev–Trinajstić information content (AvgIpc) is 2.41. The first kappa shape index (κ1) is 14.7. The average molecular weight is 369 g/mol. The lowest BCUT2D eigenvalue weighted by molar-refractivity contribution is -0.119. The molecule has 0 N–H and O–H groups in total. The number of sulfonamides is 1. The lowest BCUT2D eigenvalue weighted by atomic mass is 10.4. The minimum atomic E-state index is -3.59. The zero-order valence-electron chi connectivity index (χ0n) is 9.79. The molecular formula is C10H11BrClN3O3S. The summed E-state index contributed by atoms with van der Waals surface area (Å²) in [6, 6.07) is 1.43. The van der Waals surface area contributed by atoms with Crippen LogP contribution in [0.1, 0.15) is 0 Å². The number of nitrogens with zero attached hydrogens (tertiary/aromatic N) is 3. The molecule has 9 heteroatoms. The summed E-state index contributed by atoms with van der Waals surface area (Å²) in [6.45, 7) is 1.35. The van der Waals surface area contributed by atoms with Crippen LogP contribution in [-0.4, -0.2) is 55.2 Å². The third kappa shape index (κ3) is 3.07. The van der Waals surface area contributed by atoms with Gasteiger partial charge in [0.2, 0.25) is 16.4 Å². The van der Waals surface area contributed by atoms with Gasteiger partial charge in [-0.15, -0.1) is 0 Å². The molecule has 0 aromatic carbocycles. The summed E-state index contributed by atoms with van der Waals surface area (Å²) in [6.07, 6.45) is 1.96. The molecule has 0 atom stereocenters. The number of carbonyl (C=O) groups is 1. The van der Waals surface area contributed by atoms with Crippen molar-refractivity contribution in [3.8, 4) is 0 Å². The normalized spacial score (nSPS) is 17.5. The molecule has 1 saturated heterocycles. The van der Waals surface area contributed by atoms with Gasteiger partial charge in [-0.25, -0.2) is 13.4 Å². The van der Waals surface area contributed by atoms with Crippen molar-refractivity contribution in [1.29, 1.82) is 0 Å². The van der Waals surface area contributed by atoms with Gasteiger partial charge in [0.15, 0.2) is 0 Å². The van der Waals surface area contributed by atoms with Crippen LogP contribution in [0.5, 0.6) is 0 Å². The van der Waals surface area contributed by atoms with Gasteiger partial charge in [-0.3, -0.25) is 4.79 Å². The zero-order chi connectivity index (χ0) is 14.0. The summed E-state index contributed by atoms with van der Waals surface area (Å²) < 4.78 is 26.5. The lowest BCUT2D eigenvalue weighted by Gasteiger charge is -2.31. The first-order valence-electron chi connectivity index (χ1n) is 5.45. The molecule has 1 aromatic heterocycles. The van der Waals surface area contributed by atoms with Gasteiger partial charge in [0, 0.05) is 32.4 Å². The molecule has 1 aliphatic heterocycles. The number of hydrogen-bond donors (Lipinski definition) is 0. The second-order valence-corrected chi connectivity index (χ2v) is 7.14. The highest BCUT2D eigenvalue weighted by Gasteiger charge is 2.28. The van der Waals surface area contributed by atoms with Crippen molar-refractivity contribution in [2.24, 2.45) is 0 Å². The summed E-state index contributed by atoms with van der Waals surface area (Å²) in [7, 11) is -3.59. The topological polar surface area (TPSA) is 70.6 Å². The number of carbonyl (C=O) groups excluding carboxylic acids is 1. The van der Waals surface area contributed by atoms with Crippen LogP contribution in [0.25, 0.3) is 0 Å². The molecule has 1 aliphatic rings. The van der Waals surface area contributed by atoms with Crippen molar-refractivity contribution in [3.63, 3.8) is 0 Å². The fourth-order valence-electron chi connectivity index (χ4n) is 1.74. The predicted octanol–water partition coefficient (Wildman–Crippen LogP) is 0.960. The maximum absolute atomic E-state index is 12.4. The molecule has 0 unspecified atom stereocenters. The monoisotopic (exact) mass is 367 g/mol. The molecule has 6 nitrogen and oxygen atoms in total. The number of halogens is 2. The van der Waals surface area contributed by atoms with Crippen LogP contribution in [0, 0.1) is 0 Å². The Labute approximate surface area is 124 Å². The van der Waals surface area contributed by atoms with E-state index in [4.69, 9.17) is 11.6 Å². The Balaban J connectivity index is 2.23. The van der Waals surface area contributed by atoms with E-state index in [0.717, 1.165) is 6.41 Å². The molecule has 1 amide bonds. The minimum Gasteiger partial charge on any atom is -0.343 e. The maximum Gasteiger partial charge on any atom is 0.244 e. The van der Waals surface area contributed by atoms with E-state index in [1.54, 1.807) is 4.90 Å². The van der Waals surface area contributed by atoms with Crippen LogP contribution in [0.4, 0.5) is 0 Å². The van der Waals surface area contributed by atoms with E-state index in [2.05, 4.69) is 20.9 Å². The molecular weight excluding hydrogens is 358 g/mol. The van der Waals surface area contributed by atoms with Crippen LogP contribution in [0.15, 0.2) is 21.6 Å². The van der Waals surface area contributed by atoms with E-state index in [0.29, 0.717) is 17.6 Å². The van der Waals surface area contributed by atoms with Gasteiger partial charge in [0.25, 0.3) is 0 Å². The second-order valence-electron chi connectivity index (χ2n) is 3.99. The summed E-state index contributed by atoms with van der Waals surface area (Å²) in [4.78, 5) is 16.0. The zero-order valence-corrected chi connectivity index (χ0v) is 12.9. The van der Waals surface area contributed by atoms with Crippen LogP contribution in [0.3, 0.4) is 0 Å². The Morgan fingerprint density at radius 2 is 1.95 bits per heavy atom. The predicted molar refractivity (Wildman–Crippen MR) is 73.3 cm³/mol. The number of amides is 1. The molecule has 0 spiro atoms. The van der Waals surface area contributed by atoms with Gasteiger partial charge >= 0.3 is 0 Å². The number of rotatable bonds is 3. The summed E-state index contributed by atoms with van der Waals surface area (Å²) in [5, 5.41) is 0.213. The molecule has 2 rings (SSSR count). The first-order valence-corrected chi connectivity index (χ1v) is 8.07. The molecule has 1 fully saturated rings. The van der Waals surface area contributed by atoms with Crippen molar-refractivity contribution < 1.29 is 13.2 Å². The van der Waals surface area contributed by atoms with E-state index in [9.17, 15) is 13.2 Å². The van der Waals surface area contributed by atoms with Crippen molar-refractivity contribution in [2.75, 3.05) is 26.2 Å². The SMILES string of the molecule is O=CN1CCN(S(=O)(=O)c2cnc(Cl)c(Br)c2)CC1. The van der Waals surface area contributed by atoms with E-state index in [1.165, 1.54) is 16.6 Å². The third-order valence-electron chi connectivity index (χ3n) is 2.83. The molecule has 0 bridgehead atoms. The van der Waals surface area contributed by atoms with Crippen LogP contribution >= 0.6 is 27.5 Å². The van der Waals surface area contributed by atoms with Gasteiger partial charge in [-0.1, -0.05) is 11.6 Å². The highest BCUT2D eigenvalue weighted by Crippen LogP contribution is 2.25.